The summed E-state index contributed by atoms with van der Waals surface area (Å²) in [5, 5.41) is 24.1. The SMILES string of the molecule is O=C(O)CCCCn1nnc(Cc2cn(Cc3ccc(Cl)cc3Cl)c3ccc(-c4ccccc4)cc23)n1. The zero-order valence-electron chi connectivity index (χ0n) is 20.0. The van der Waals surface area contributed by atoms with Gasteiger partial charge in [0.2, 0.25) is 0 Å². The number of rotatable bonds is 10. The maximum atomic E-state index is 10.7. The molecule has 3 aromatic carbocycles. The Hall–Kier alpha value is -3.68. The van der Waals surface area contributed by atoms with E-state index in [2.05, 4.69) is 56.5 Å². The number of unbranched alkanes of at least 4 members (excludes halogenated alkanes) is 1. The second-order valence-corrected chi connectivity index (χ2v) is 9.79. The standard InChI is InChI=1S/C28H25Cl2N5O2/c29-23-11-9-21(25(30)16-23)17-34-18-22(15-27-31-33-35(32-27)13-5-4-8-28(36)37)24-14-20(10-12-26(24)34)19-6-2-1-3-7-19/h1-3,6-7,9-12,14,16,18H,4-5,8,13,15,17H2,(H,36,37). The maximum absolute atomic E-state index is 10.7. The van der Waals surface area contributed by atoms with Crippen LogP contribution >= 0.6 is 23.2 Å². The normalized spacial score (nSPS) is 11.3. The largest absolute Gasteiger partial charge is 0.481 e. The highest BCUT2D eigenvalue weighted by molar-refractivity contribution is 6.35. The summed E-state index contributed by atoms with van der Waals surface area (Å²) >= 11 is 12.6. The van der Waals surface area contributed by atoms with Crippen LogP contribution in [0.2, 0.25) is 10.0 Å². The summed E-state index contributed by atoms with van der Waals surface area (Å²) in [7, 11) is 0. The summed E-state index contributed by atoms with van der Waals surface area (Å²) < 4.78 is 2.19. The number of carbonyl (C=O) groups is 1. The number of benzene rings is 3. The van der Waals surface area contributed by atoms with E-state index in [1.807, 2.05) is 30.3 Å². The molecule has 0 aliphatic carbocycles. The highest BCUT2D eigenvalue weighted by Gasteiger charge is 2.15. The third kappa shape index (κ3) is 6.01. The molecule has 0 amide bonds. The summed E-state index contributed by atoms with van der Waals surface area (Å²) in [5.41, 5.74) is 5.43. The van der Waals surface area contributed by atoms with E-state index in [-0.39, 0.29) is 6.42 Å². The van der Waals surface area contributed by atoms with Gasteiger partial charge in [-0.2, -0.15) is 4.80 Å². The van der Waals surface area contributed by atoms with Gasteiger partial charge in [-0.3, -0.25) is 4.79 Å². The van der Waals surface area contributed by atoms with Crippen molar-refractivity contribution in [2.75, 3.05) is 0 Å². The Balaban J connectivity index is 1.46. The molecule has 37 heavy (non-hydrogen) atoms. The number of carboxylic acids is 1. The van der Waals surface area contributed by atoms with E-state index >= 15 is 0 Å². The molecule has 0 unspecified atom stereocenters. The van der Waals surface area contributed by atoms with Gasteiger partial charge in [0.1, 0.15) is 0 Å². The van der Waals surface area contributed by atoms with Gasteiger partial charge in [0.25, 0.3) is 0 Å². The Labute approximate surface area is 224 Å². The van der Waals surface area contributed by atoms with Crippen LogP contribution in [0.5, 0.6) is 0 Å². The van der Waals surface area contributed by atoms with Crippen molar-refractivity contribution < 1.29 is 9.90 Å². The first-order chi connectivity index (χ1) is 18.0. The van der Waals surface area contributed by atoms with Crippen molar-refractivity contribution in [1.82, 2.24) is 24.8 Å². The van der Waals surface area contributed by atoms with Crippen molar-refractivity contribution in [3.63, 3.8) is 0 Å². The van der Waals surface area contributed by atoms with Gasteiger partial charge in [0.05, 0.1) is 6.54 Å². The van der Waals surface area contributed by atoms with Crippen LogP contribution in [0, 0.1) is 0 Å². The topological polar surface area (TPSA) is 85.8 Å². The Kier molecular flexibility index (Phi) is 7.53. The lowest BCUT2D eigenvalue weighted by molar-refractivity contribution is -0.137. The Morgan fingerprint density at radius 3 is 2.54 bits per heavy atom. The second-order valence-electron chi connectivity index (χ2n) is 8.95. The monoisotopic (exact) mass is 533 g/mol. The number of hydrogen-bond donors (Lipinski definition) is 1. The number of carboxylic acid groups (broad SMARTS) is 1. The third-order valence-electron chi connectivity index (χ3n) is 6.27. The number of tetrazole rings is 1. The molecule has 7 nitrogen and oxygen atoms in total. The molecule has 5 aromatic rings. The van der Waals surface area contributed by atoms with E-state index in [0.29, 0.717) is 48.2 Å². The van der Waals surface area contributed by atoms with Gasteiger partial charge in [0, 0.05) is 46.5 Å². The average molecular weight is 534 g/mol. The van der Waals surface area contributed by atoms with Crippen LogP contribution < -0.4 is 0 Å². The quantitative estimate of drug-likeness (QED) is 0.207. The molecule has 0 spiro atoms. The smallest absolute Gasteiger partial charge is 0.303 e. The number of fused-ring (bicyclic) bond motifs is 1. The first-order valence-corrected chi connectivity index (χ1v) is 12.8. The van der Waals surface area contributed by atoms with Crippen LogP contribution in [0.4, 0.5) is 0 Å². The van der Waals surface area contributed by atoms with E-state index in [1.165, 1.54) is 0 Å². The van der Waals surface area contributed by atoms with Crippen molar-refractivity contribution in [1.29, 1.82) is 0 Å². The fourth-order valence-electron chi connectivity index (χ4n) is 4.43. The molecule has 0 atom stereocenters. The molecule has 188 valence electrons. The van der Waals surface area contributed by atoms with Crippen molar-refractivity contribution >= 4 is 40.1 Å². The van der Waals surface area contributed by atoms with Gasteiger partial charge in [-0.1, -0.05) is 65.7 Å². The second kappa shape index (κ2) is 11.2. The highest BCUT2D eigenvalue weighted by atomic mass is 35.5. The molecule has 9 heteroatoms. The molecule has 0 aliphatic rings. The van der Waals surface area contributed by atoms with Crippen LogP contribution in [0.1, 0.15) is 36.2 Å². The first kappa shape index (κ1) is 25.0. The van der Waals surface area contributed by atoms with Crippen molar-refractivity contribution in [3.05, 3.63) is 99.9 Å². The number of aromatic nitrogens is 5. The number of halogens is 2. The molecule has 0 saturated carbocycles. The average Bonchev–Trinajstić information content (AvgIpc) is 3.48. The van der Waals surface area contributed by atoms with Crippen LogP contribution in [-0.2, 0) is 24.3 Å². The minimum Gasteiger partial charge on any atom is -0.481 e. The van der Waals surface area contributed by atoms with Crippen LogP contribution in [0.3, 0.4) is 0 Å². The van der Waals surface area contributed by atoms with E-state index < -0.39 is 5.97 Å². The molecule has 1 N–H and O–H groups in total. The van der Waals surface area contributed by atoms with Crippen molar-refractivity contribution in [2.24, 2.45) is 0 Å². The lowest BCUT2D eigenvalue weighted by Gasteiger charge is -2.09. The molecule has 0 fully saturated rings. The van der Waals surface area contributed by atoms with Gasteiger partial charge >= 0.3 is 5.97 Å². The van der Waals surface area contributed by atoms with E-state index in [1.54, 1.807) is 10.9 Å². The van der Waals surface area contributed by atoms with Crippen molar-refractivity contribution in [2.45, 2.75) is 38.8 Å². The number of nitrogens with zero attached hydrogens (tertiary/aromatic N) is 5. The molecule has 2 aromatic heterocycles. The summed E-state index contributed by atoms with van der Waals surface area (Å²) in [6, 6.07) is 22.3. The minimum atomic E-state index is -0.793. The Morgan fingerprint density at radius 2 is 1.76 bits per heavy atom. The molecular formula is C28H25Cl2N5O2. The van der Waals surface area contributed by atoms with Gasteiger partial charge in [0.15, 0.2) is 5.82 Å². The fourth-order valence-corrected chi connectivity index (χ4v) is 4.90. The van der Waals surface area contributed by atoms with Gasteiger partial charge in [-0.25, -0.2) is 0 Å². The Bertz CT molecular complexity index is 1550. The van der Waals surface area contributed by atoms with Gasteiger partial charge < -0.3 is 9.67 Å². The highest BCUT2D eigenvalue weighted by Crippen LogP contribution is 2.31. The zero-order chi connectivity index (χ0) is 25.8. The molecular weight excluding hydrogens is 509 g/mol. The van der Waals surface area contributed by atoms with E-state index in [4.69, 9.17) is 28.3 Å². The van der Waals surface area contributed by atoms with E-state index in [0.717, 1.165) is 33.2 Å². The predicted molar refractivity (Wildman–Crippen MR) is 145 cm³/mol. The molecule has 0 saturated heterocycles. The maximum Gasteiger partial charge on any atom is 0.303 e. The fraction of sp³-hybridized carbons (Fsp3) is 0.214. The van der Waals surface area contributed by atoms with Gasteiger partial charge in [-0.05, 0) is 64.6 Å². The molecule has 0 bridgehead atoms. The zero-order valence-corrected chi connectivity index (χ0v) is 21.5. The predicted octanol–water partition coefficient (Wildman–Crippen LogP) is 6.50. The lowest BCUT2D eigenvalue weighted by Crippen LogP contribution is -2.04. The Morgan fingerprint density at radius 1 is 0.919 bits per heavy atom. The van der Waals surface area contributed by atoms with Gasteiger partial charge in [-0.15, -0.1) is 10.2 Å². The molecule has 2 heterocycles. The lowest BCUT2D eigenvalue weighted by atomic mass is 10.0. The van der Waals surface area contributed by atoms with E-state index in [9.17, 15) is 4.79 Å². The summed E-state index contributed by atoms with van der Waals surface area (Å²) in [6.45, 7) is 1.14. The third-order valence-corrected chi connectivity index (χ3v) is 6.86. The number of aliphatic carboxylic acids is 1. The number of hydrogen-bond acceptors (Lipinski definition) is 4. The molecule has 0 radical (unpaired) electrons. The van der Waals surface area contributed by atoms with Crippen LogP contribution in [0.25, 0.3) is 22.0 Å². The molecule has 5 rings (SSSR count). The minimum absolute atomic E-state index is 0.141. The summed E-state index contributed by atoms with van der Waals surface area (Å²) in [5.74, 6) is -0.176. The summed E-state index contributed by atoms with van der Waals surface area (Å²) in [6.07, 6.45) is 4.05. The summed E-state index contributed by atoms with van der Waals surface area (Å²) in [4.78, 5) is 12.3. The van der Waals surface area contributed by atoms with Crippen LogP contribution in [0.15, 0.2) is 72.9 Å². The van der Waals surface area contributed by atoms with Crippen LogP contribution in [-0.4, -0.2) is 35.9 Å². The molecule has 0 aliphatic heterocycles. The van der Waals surface area contributed by atoms with Crippen molar-refractivity contribution in [3.8, 4) is 11.1 Å². The number of aryl methyl sites for hydroxylation is 1. The first-order valence-electron chi connectivity index (χ1n) is 12.1.